The standard InChI is InChI=1S/C21H22N2O3/c1-13-10-15(3)17(11-14(13)2)18(24)12-23-19(25)21(4,22-20(23)26)16-8-6-5-7-9-16/h5-11H,12H2,1-4H3,(H,22,26)/t21-/m1/s1. The van der Waals surface area contributed by atoms with E-state index < -0.39 is 17.5 Å². The van der Waals surface area contributed by atoms with Gasteiger partial charge in [-0.1, -0.05) is 36.4 Å². The van der Waals surface area contributed by atoms with Crippen LogP contribution in [0, 0.1) is 20.8 Å². The number of carbonyl (C=O) groups is 3. The quantitative estimate of drug-likeness (QED) is 0.680. The Morgan fingerprint density at radius 3 is 2.27 bits per heavy atom. The zero-order valence-corrected chi connectivity index (χ0v) is 15.4. The van der Waals surface area contributed by atoms with Crippen molar-refractivity contribution in [3.8, 4) is 0 Å². The van der Waals surface area contributed by atoms with Crippen LogP contribution in [0.4, 0.5) is 4.79 Å². The van der Waals surface area contributed by atoms with E-state index in [1.807, 2.05) is 51.1 Å². The highest BCUT2D eigenvalue weighted by molar-refractivity contribution is 6.11. The molecule has 134 valence electrons. The fourth-order valence-electron chi connectivity index (χ4n) is 3.30. The number of imide groups is 1. The highest BCUT2D eigenvalue weighted by atomic mass is 16.2. The van der Waals surface area contributed by atoms with Crippen LogP contribution in [0.15, 0.2) is 42.5 Å². The molecule has 1 N–H and O–H groups in total. The van der Waals surface area contributed by atoms with E-state index in [9.17, 15) is 14.4 Å². The number of urea groups is 1. The van der Waals surface area contributed by atoms with Gasteiger partial charge >= 0.3 is 6.03 Å². The molecule has 5 heteroatoms. The van der Waals surface area contributed by atoms with Crippen molar-refractivity contribution in [1.82, 2.24) is 10.2 Å². The van der Waals surface area contributed by atoms with E-state index in [2.05, 4.69) is 5.32 Å². The van der Waals surface area contributed by atoms with Gasteiger partial charge in [0.15, 0.2) is 5.78 Å². The number of nitrogens with one attached hydrogen (secondary N) is 1. The highest BCUT2D eigenvalue weighted by Crippen LogP contribution is 2.29. The number of aryl methyl sites for hydroxylation is 3. The van der Waals surface area contributed by atoms with Gasteiger partial charge in [0.25, 0.3) is 5.91 Å². The van der Waals surface area contributed by atoms with Gasteiger partial charge in [-0.3, -0.25) is 14.5 Å². The van der Waals surface area contributed by atoms with Gasteiger partial charge in [-0.15, -0.1) is 0 Å². The molecule has 0 aromatic heterocycles. The summed E-state index contributed by atoms with van der Waals surface area (Å²) in [7, 11) is 0. The van der Waals surface area contributed by atoms with E-state index in [4.69, 9.17) is 0 Å². The van der Waals surface area contributed by atoms with Crippen molar-refractivity contribution in [1.29, 1.82) is 0 Å². The number of ketones is 1. The van der Waals surface area contributed by atoms with Crippen LogP contribution in [0.25, 0.3) is 0 Å². The SMILES string of the molecule is Cc1cc(C)c(C(=O)CN2C(=O)N[C@](C)(c3ccccc3)C2=O)cc1C. The normalized spacial score (nSPS) is 19.6. The predicted octanol–water partition coefficient (Wildman–Crippen LogP) is 3.26. The number of rotatable bonds is 4. The number of carbonyl (C=O) groups excluding carboxylic acids is 3. The van der Waals surface area contributed by atoms with Gasteiger partial charge in [-0.25, -0.2) is 4.79 Å². The first-order chi connectivity index (χ1) is 12.2. The summed E-state index contributed by atoms with van der Waals surface area (Å²) in [5, 5.41) is 2.72. The smallest absolute Gasteiger partial charge is 0.319 e. The second kappa shape index (κ2) is 6.41. The van der Waals surface area contributed by atoms with Crippen molar-refractivity contribution in [3.63, 3.8) is 0 Å². The molecule has 1 fully saturated rings. The molecule has 2 aromatic rings. The van der Waals surface area contributed by atoms with Gasteiger partial charge in [0.05, 0.1) is 6.54 Å². The monoisotopic (exact) mass is 350 g/mol. The second-order valence-electron chi connectivity index (χ2n) is 6.99. The molecular weight excluding hydrogens is 328 g/mol. The topological polar surface area (TPSA) is 66.5 Å². The number of hydrogen-bond acceptors (Lipinski definition) is 3. The largest absolute Gasteiger partial charge is 0.325 e. The van der Waals surface area contributed by atoms with Crippen molar-refractivity contribution < 1.29 is 14.4 Å². The third-order valence-corrected chi connectivity index (χ3v) is 5.07. The van der Waals surface area contributed by atoms with Gasteiger partial charge in [0, 0.05) is 5.56 Å². The lowest BCUT2D eigenvalue weighted by molar-refractivity contribution is -0.130. The average Bonchev–Trinajstić information content (AvgIpc) is 2.83. The van der Waals surface area contributed by atoms with Crippen molar-refractivity contribution in [2.45, 2.75) is 33.2 Å². The van der Waals surface area contributed by atoms with Crippen LogP contribution >= 0.6 is 0 Å². The Hall–Kier alpha value is -2.95. The zero-order chi connectivity index (χ0) is 19.1. The molecule has 0 radical (unpaired) electrons. The van der Waals surface area contributed by atoms with E-state index in [-0.39, 0.29) is 12.3 Å². The van der Waals surface area contributed by atoms with Crippen molar-refractivity contribution >= 4 is 17.7 Å². The van der Waals surface area contributed by atoms with Crippen molar-refractivity contribution in [3.05, 3.63) is 70.3 Å². The maximum Gasteiger partial charge on any atom is 0.325 e. The molecule has 3 rings (SSSR count). The Morgan fingerprint density at radius 1 is 1.00 bits per heavy atom. The maximum absolute atomic E-state index is 12.9. The first kappa shape index (κ1) is 17.9. The Morgan fingerprint density at radius 2 is 1.62 bits per heavy atom. The van der Waals surface area contributed by atoms with E-state index in [1.54, 1.807) is 19.1 Å². The highest BCUT2D eigenvalue weighted by Gasteiger charge is 2.49. The average molecular weight is 350 g/mol. The summed E-state index contributed by atoms with van der Waals surface area (Å²) in [6.07, 6.45) is 0. The summed E-state index contributed by atoms with van der Waals surface area (Å²) in [6, 6.07) is 12.3. The lowest BCUT2D eigenvalue weighted by Crippen LogP contribution is -2.41. The fourth-order valence-corrected chi connectivity index (χ4v) is 3.30. The molecule has 1 atom stereocenters. The minimum atomic E-state index is -1.16. The first-order valence-corrected chi connectivity index (χ1v) is 8.54. The van der Waals surface area contributed by atoms with Crippen LogP contribution in [0.3, 0.4) is 0 Å². The Labute approximate surface area is 153 Å². The van der Waals surface area contributed by atoms with E-state index in [0.717, 1.165) is 21.6 Å². The van der Waals surface area contributed by atoms with Crippen molar-refractivity contribution in [2.24, 2.45) is 0 Å². The maximum atomic E-state index is 12.9. The number of hydrogen-bond donors (Lipinski definition) is 1. The van der Waals surface area contributed by atoms with Gasteiger partial charge < -0.3 is 5.32 Å². The van der Waals surface area contributed by atoms with Gasteiger partial charge in [-0.2, -0.15) is 0 Å². The fraction of sp³-hybridized carbons (Fsp3) is 0.286. The summed E-state index contributed by atoms with van der Waals surface area (Å²) in [4.78, 5) is 39.0. The minimum Gasteiger partial charge on any atom is -0.319 e. The third kappa shape index (κ3) is 2.90. The molecule has 0 spiro atoms. The predicted molar refractivity (Wildman–Crippen MR) is 99.0 cm³/mol. The molecule has 2 aromatic carbocycles. The summed E-state index contributed by atoms with van der Waals surface area (Å²) < 4.78 is 0. The molecular formula is C21H22N2O3. The summed E-state index contributed by atoms with van der Waals surface area (Å²) in [5.41, 5.74) is 3.03. The molecule has 1 aliphatic rings. The van der Waals surface area contributed by atoms with E-state index >= 15 is 0 Å². The van der Waals surface area contributed by atoms with Crippen LogP contribution in [0.2, 0.25) is 0 Å². The molecule has 1 saturated heterocycles. The molecule has 1 heterocycles. The zero-order valence-electron chi connectivity index (χ0n) is 15.4. The number of Topliss-reactive ketones (excluding diaryl/α,β-unsaturated/α-hetero) is 1. The minimum absolute atomic E-state index is 0.244. The van der Waals surface area contributed by atoms with E-state index in [1.165, 1.54) is 0 Å². The lowest BCUT2D eigenvalue weighted by atomic mass is 9.92. The van der Waals surface area contributed by atoms with Crippen LogP contribution < -0.4 is 5.32 Å². The Kier molecular flexibility index (Phi) is 4.40. The molecule has 0 bridgehead atoms. The molecule has 5 nitrogen and oxygen atoms in total. The number of nitrogens with zero attached hydrogens (tertiary/aromatic N) is 1. The molecule has 0 aliphatic carbocycles. The van der Waals surface area contributed by atoms with Crippen LogP contribution in [0.5, 0.6) is 0 Å². The van der Waals surface area contributed by atoms with Gasteiger partial charge in [0.1, 0.15) is 5.54 Å². The second-order valence-corrected chi connectivity index (χ2v) is 6.99. The van der Waals surface area contributed by atoms with Crippen LogP contribution in [0.1, 0.15) is 39.5 Å². The number of amides is 3. The van der Waals surface area contributed by atoms with Crippen LogP contribution in [-0.4, -0.2) is 29.2 Å². The van der Waals surface area contributed by atoms with Crippen molar-refractivity contribution in [2.75, 3.05) is 6.54 Å². The molecule has 1 aliphatic heterocycles. The third-order valence-electron chi connectivity index (χ3n) is 5.07. The van der Waals surface area contributed by atoms with Gasteiger partial charge in [0.2, 0.25) is 0 Å². The summed E-state index contributed by atoms with van der Waals surface area (Å²) in [6.45, 7) is 7.18. The lowest BCUT2D eigenvalue weighted by Gasteiger charge is -2.22. The Balaban J connectivity index is 1.87. The first-order valence-electron chi connectivity index (χ1n) is 8.54. The molecule has 26 heavy (non-hydrogen) atoms. The van der Waals surface area contributed by atoms with Gasteiger partial charge in [-0.05, 0) is 56.0 Å². The number of benzene rings is 2. The van der Waals surface area contributed by atoms with E-state index in [0.29, 0.717) is 11.1 Å². The summed E-state index contributed by atoms with van der Waals surface area (Å²) >= 11 is 0. The summed E-state index contributed by atoms with van der Waals surface area (Å²) in [5.74, 6) is -0.657. The Bertz CT molecular complexity index is 905. The molecule has 3 amide bonds. The molecule has 0 unspecified atom stereocenters. The molecule has 0 saturated carbocycles. The van der Waals surface area contributed by atoms with Crippen LogP contribution in [-0.2, 0) is 10.3 Å².